The standard InChI is InChI=1S/C12H20N2O3S2/c1-4-18(15)6-5-14-19(16,17)12-8-9(2)7-11(13)10(12)3/h7-8,14H,4-6,13H2,1-3H3. The highest BCUT2D eigenvalue weighted by molar-refractivity contribution is 7.89. The number of nitrogen functional groups attached to an aromatic ring is 1. The first-order chi connectivity index (χ1) is 8.77. The normalized spacial score (nSPS) is 13.4. The number of rotatable bonds is 6. The van der Waals surface area contributed by atoms with Gasteiger partial charge in [-0.2, -0.15) is 0 Å². The minimum atomic E-state index is -3.60. The molecular weight excluding hydrogens is 284 g/mol. The van der Waals surface area contributed by atoms with Crippen molar-refractivity contribution in [1.82, 2.24) is 4.72 Å². The van der Waals surface area contributed by atoms with E-state index < -0.39 is 20.8 Å². The van der Waals surface area contributed by atoms with Crippen LogP contribution in [0.1, 0.15) is 18.1 Å². The monoisotopic (exact) mass is 304 g/mol. The van der Waals surface area contributed by atoms with Crippen LogP contribution in [0, 0.1) is 13.8 Å². The Labute approximate surface area is 117 Å². The van der Waals surface area contributed by atoms with Gasteiger partial charge in [0.1, 0.15) is 0 Å². The molecule has 5 nitrogen and oxygen atoms in total. The van der Waals surface area contributed by atoms with Crippen molar-refractivity contribution in [1.29, 1.82) is 0 Å². The van der Waals surface area contributed by atoms with Crippen molar-refractivity contribution >= 4 is 26.5 Å². The Hall–Kier alpha value is -0.920. The van der Waals surface area contributed by atoms with Crippen LogP contribution < -0.4 is 10.5 Å². The van der Waals surface area contributed by atoms with Crippen molar-refractivity contribution in [2.45, 2.75) is 25.7 Å². The Bertz CT molecular complexity index is 583. The van der Waals surface area contributed by atoms with Crippen molar-refractivity contribution in [2.24, 2.45) is 0 Å². The zero-order chi connectivity index (χ0) is 14.6. The van der Waals surface area contributed by atoms with Crippen LogP contribution in [0.2, 0.25) is 0 Å². The molecule has 1 aromatic rings. The maximum atomic E-state index is 12.2. The van der Waals surface area contributed by atoms with Crippen LogP contribution in [-0.4, -0.2) is 30.7 Å². The molecule has 108 valence electrons. The summed E-state index contributed by atoms with van der Waals surface area (Å²) in [5.74, 6) is 0.841. The van der Waals surface area contributed by atoms with E-state index >= 15 is 0 Å². The minimum Gasteiger partial charge on any atom is -0.398 e. The fourth-order valence-electron chi connectivity index (χ4n) is 1.64. The molecule has 0 spiro atoms. The van der Waals surface area contributed by atoms with Gasteiger partial charge in [-0.05, 0) is 37.1 Å². The maximum absolute atomic E-state index is 12.2. The summed E-state index contributed by atoms with van der Waals surface area (Å²) in [7, 11) is -4.59. The Kier molecular flexibility index (Phi) is 5.51. The van der Waals surface area contributed by atoms with Gasteiger partial charge in [0.05, 0.1) is 4.90 Å². The second kappa shape index (κ2) is 6.49. The largest absolute Gasteiger partial charge is 0.398 e. The van der Waals surface area contributed by atoms with Gasteiger partial charge < -0.3 is 5.73 Å². The topological polar surface area (TPSA) is 89.3 Å². The van der Waals surface area contributed by atoms with Gasteiger partial charge in [-0.15, -0.1) is 0 Å². The van der Waals surface area contributed by atoms with E-state index in [4.69, 9.17) is 5.73 Å². The quantitative estimate of drug-likeness (QED) is 0.765. The lowest BCUT2D eigenvalue weighted by Crippen LogP contribution is -2.29. The average molecular weight is 304 g/mol. The number of hydrogen-bond donors (Lipinski definition) is 2. The molecule has 1 aromatic carbocycles. The molecule has 3 N–H and O–H groups in total. The number of aryl methyl sites for hydroxylation is 1. The highest BCUT2D eigenvalue weighted by Gasteiger charge is 2.18. The third kappa shape index (κ3) is 4.29. The van der Waals surface area contributed by atoms with E-state index in [2.05, 4.69) is 4.72 Å². The average Bonchev–Trinajstić information content (AvgIpc) is 2.33. The Morgan fingerprint density at radius 3 is 2.53 bits per heavy atom. The summed E-state index contributed by atoms with van der Waals surface area (Å²) >= 11 is 0. The summed E-state index contributed by atoms with van der Waals surface area (Å²) in [5, 5.41) is 0. The molecule has 7 heteroatoms. The van der Waals surface area contributed by atoms with Crippen LogP contribution in [0.15, 0.2) is 17.0 Å². The Morgan fingerprint density at radius 1 is 1.32 bits per heavy atom. The lowest BCUT2D eigenvalue weighted by molar-refractivity contribution is 0.583. The smallest absolute Gasteiger partial charge is 0.240 e. The molecule has 0 saturated heterocycles. The van der Waals surface area contributed by atoms with Crippen LogP contribution in [0.5, 0.6) is 0 Å². The number of benzene rings is 1. The molecule has 1 atom stereocenters. The zero-order valence-corrected chi connectivity index (χ0v) is 13.0. The van der Waals surface area contributed by atoms with E-state index in [9.17, 15) is 12.6 Å². The van der Waals surface area contributed by atoms with Crippen LogP contribution in [0.3, 0.4) is 0 Å². The molecule has 19 heavy (non-hydrogen) atoms. The first-order valence-corrected chi connectivity index (χ1v) is 8.96. The predicted molar refractivity (Wildman–Crippen MR) is 79.1 cm³/mol. The molecular formula is C12H20N2O3S2. The third-order valence-electron chi connectivity index (χ3n) is 2.78. The van der Waals surface area contributed by atoms with Crippen molar-refractivity contribution in [2.75, 3.05) is 23.8 Å². The molecule has 0 aromatic heterocycles. The van der Waals surface area contributed by atoms with E-state index in [1.165, 1.54) is 0 Å². The van der Waals surface area contributed by atoms with Crippen molar-refractivity contribution < 1.29 is 12.6 Å². The highest BCUT2D eigenvalue weighted by atomic mass is 32.2. The van der Waals surface area contributed by atoms with Gasteiger partial charge in [0.15, 0.2) is 0 Å². The summed E-state index contributed by atoms with van der Waals surface area (Å²) in [6, 6.07) is 3.32. The molecule has 0 bridgehead atoms. The summed E-state index contributed by atoms with van der Waals surface area (Å²) in [5.41, 5.74) is 7.56. The fraction of sp³-hybridized carbons (Fsp3) is 0.500. The lowest BCUT2D eigenvalue weighted by Gasteiger charge is -2.12. The number of hydrogen-bond acceptors (Lipinski definition) is 4. The summed E-state index contributed by atoms with van der Waals surface area (Å²) in [6.45, 7) is 5.43. The van der Waals surface area contributed by atoms with E-state index in [-0.39, 0.29) is 11.4 Å². The Balaban J connectivity index is 2.92. The second-order valence-corrected chi connectivity index (χ2v) is 7.91. The molecule has 0 aliphatic heterocycles. The van der Waals surface area contributed by atoms with E-state index in [1.54, 1.807) is 32.9 Å². The van der Waals surface area contributed by atoms with E-state index in [0.717, 1.165) is 5.56 Å². The molecule has 0 aliphatic rings. The van der Waals surface area contributed by atoms with Crippen LogP contribution >= 0.6 is 0 Å². The number of anilines is 1. The van der Waals surface area contributed by atoms with Gasteiger partial charge >= 0.3 is 0 Å². The zero-order valence-electron chi connectivity index (χ0n) is 11.4. The van der Waals surface area contributed by atoms with Crippen LogP contribution in [0.4, 0.5) is 5.69 Å². The molecule has 0 fully saturated rings. The van der Waals surface area contributed by atoms with Crippen LogP contribution in [-0.2, 0) is 20.8 Å². The minimum absolute atomic E-state index is 0.163. The van der Waals surface area contributed by atoms with E-state index in [0.29, 0.717) is 22.8 Å². The molecule has 1 unspecified atom stereocenters. The van der Waals surface area contributed by atoms with Crippen molar-refractivity contribution in [3.63, 3.8) is 0 Å². The third-order valence-corrected chi connectivity index (χ3v) is 5.67. The predicted octanol–water partition coefficient (Wildman–Crippen LogP) is 0.933. The summed E-state index contributed by atoms with van der Waals surface area (Å²) in [4.78, 5) is 0.187. The molecule has 1 rings (SSSR count). The number of nitrogens with two attached hydrogens (primary N) is 1. The van der Waals surface area contributed by atoms with Gasteiger partial charge in [-0.25, -0.2) is 13.1 Å². The van der Waals surface area contributed by atoms with Gasteiger partial charge in [0.25, 0.3) is 0 Å². The Morgan fingerprint density at radius 2 is 1.95 bits per heavy atom. The SMILES string of the molecule is CCS(=O)CCNS(=O)(=O)c1cc(C)cc(N)c1C. The maximum Gasteiger partial charge on any atom is 0.240 e. The van der Waals surface area contributed by atoms with Crippen LogP contribution in [0.25, 0.3) is 0 Å². The van der Waals surface area contributed by atoms with Crippen molar-refractivity contribution in [3.8, 4) is 0 Å². The second-order valence-electron chi connectivity index (χ2n) is 4.31. The molecule has 0 radical (unpaired) electrons. The van der Waals surface area contributed by atoms with Crippen molar-refractivity contribution in [3.05, 3.63) is 23.3 Å². The first kappa shape index (κ1) is 16.1. The summed E-state index contributed by atoms with van der Waals surface area (Å²) in [6.07, 6.45) is 0. The van der Waals surface area contributed by atoms with Gasteiger partial charge in [-0.3, -0.25) is 4.21 Å². The van der Waals surface area contributed by atoms with Gasteiger partial charge in [0.2, 0.25) is 10.0 Å². The first-order valence-electron chi connectivity index (χ1n) is 5.99. The summed E-state index contributed by atoms with van der Waals surface area (Å²) < 4.78 is 38.0. The molecule has 0 amide bonds. The highest BCUT2D eigenvalue weighted by Crippen LogP contribution is 2.22. The molecule has 0 heterocycles. The van der Waals surface area contributed by atoms with Gasteiger partial charge in [0, 0.05) is 34.5 Å². The number of nitrogens with one attached hydrogen (secondary N) is 1. The van der Waals surface area contributed by atoms with E-state index in [1.807, 2.05) is 0 Å². The molecule has 0 aliphatic carbocycles. The fourth-order valence-corrected chi connectivity index (χ4v) is 3.78. The molecule has 0 saturated carbocycles. The number of sulfonamides is 1. The lowest BCUT2D eigenvalue weighted by atomic mass is 10.1. The van der Waals surface area contributed by atoms with Gasteiger partial charge in [-0.1, -0.05) is 6.92 Å².